The molecule has 1 amide bonds. The van der Waals surface area contributed by atoms with Crippen LogP contribution in [0, 0.1) is 0 Å². The molecule has 0 saturated heterocycles. The van der Waals surface area contributed by atoms with Crippen molar-refractivity contribution in [3.05, 3.63) is 30.2 Å². The quantitative estimate of drug-likeness (QED) is 0.819. The fourth-order valence-corrected chi connectivity index (χ4v) is 1.89. The monoisotopic (exact) mass is 262 g/mol. The maximum absolute atomic E-state index is 10.8. The highest BCUT2D eigenvalue weighted by molar-refractivity contribution is 5.75. The second-order valence-electron chi connectivity index (χ2n) is 5.24. The first-order valence-electron chi connectivity index (χ1n) is 6.02. The molecule has 0 aliphatic heterocycles. The van der Waals surface area contributed by atoms with Crippen LogP contribution in [0.5, 0.6) is 5.75 Å². The molecule has 2 aromatic heterocycles. The summed E-state index contributed by atoms with van der Waals surface area (Å²) in [6, 6.07) is 3.58. The molecule has 0 atom stereocenters. The summed E-state index contributed by atoms with van der Waals surface area (Å²) in [6.07, 6.45) is 4.34. The fourth-order valence-electron chi connectivity index (χ4n) is 1.89. The molecule has 2 heterocycles. The van der Waals surface area contributed by atoms with Crippen LogP contribution in [-0.4, -0.2) is 27.4 Å². The van der Waals surface area contributed by atoms with Crippen LogP contribution >= 0.6 is 0 Å². The van der Waals surface area contributed by atoms with E-state index >= 15 is 0 Å². The summed E-state index contributed by atoms with van der Waals surface area (Å²) in [6.45, 7) is 3.75. The number of imidazole rings is 1. The Kier molecular flexibility index (Phi) is 3.44. The van der Waals surface area contributed by atoms with Crippen molar-refractivity contribution >= 4 is 11.6 Å². The molecule has 0 unspecified atom stereocenters. The van der Waals surface area contributed by atoms with Crippen molar-refractivity contribution in [3.8, 4) is 5.75 Å². The van der Waals surface area contributed by atoms with E-state index in [0.29, 0.717) is 17.8 Å². The Bertz CT molecular complexity index is 598. The number of carbonyl (C=O) groups is 1. The molecule has 0 aliphatic carbocycles. The predicted molar refractivity (Wildman–Crippen MR) is 71.9 cm³/mol. The fraction of sp³-hybridized carbons (Fsp3) is 0.385. The van der Waals surface area contributed by atoms with E-state index in [4.69, 9.17) is 16.2 Å². The number of rotatable bonds is 5. The number of nitrogens with two attached hydrogens (primary N) is 2. The zero-order valence-electron chi connectivity index (χ0n) is 11.1. The number of amides is 1. The number of carbonyl (C=O) groups excluding carboxylic acids is 1. The number of hydrogen-bond donors (Lipinski definition) is 2. The van der Waals surface area contributed by atoms with Gasteiger partial charge in [0.25, 0.3) is 5.91 Å². The van der Waals surface area contributed by atoms with Crippen molar-refractivity contribution in [2.75, 3.05) is 6.61 Å². The van der Waals surface area contributed by atoms with E-state index in [1.807, 2.05) is 30.5 Å². The average Bonchev–Trinajstić information content (AvgIpc) is 2.68. The second kappa shape index (κ2) is 4.89. The van der Waals surface area contributed by atoms with E-state index in [1.54, 1.807) is 12.3 Å². The molecule has 0 bridgehead atoms. The summed E-state index contributed by atoms with van der Waals surface area (Å²) in [5.41, 5.74) is 12.4. The van der Waals surface area contributed by atoms with Gasteiger partial charge >= 0.3 is 0 Å². The van der Waals surface area contributed by atoms with Gasteiger partial charge in [0.1, 0.15) is 0 Å². The Morgan fingerprint density at radius 3 is 2.89 bits per heavy atom. The Labute approximate surface area is 111 Å². The van der Waals surface area contributed by atoms with Gasteiger partial charge in [-0.1, -0.05) is 0 Å². The minimum atomic E-state index is -0.517. The van der Waals surface area contributed by atoms with Crippen LogP contribution in [0.2, 0.25) is 0 Å². The van der Waals surface area contributed by atoms with E-state index in [9.17, 15) is 4.79 Å². The van der Waals surface area contributed by atoms with Gasteiger partial charge in [-0.3, -0.25) is 4.79 Å². The molecule has 2 rings (SSSR count). The normalized spacial score (nSPS) is 11.7. The Morgan fingerprint density at radius 2 is 2.26 bits per heavy atom. The van der Waals surface area contributed by atoms with E-state index in [2.05, 4.69) is 4.98 Å². The maximum atomic E-state index is 10.8. The highest BCUT2D eigenvalue weighted by Crippen LogP contribution is 2.21. The highest BCUT2D eigenvalue weighted by Gasteiger charge is 2.16. The molecule has 0 radical (unpaired) electrons. The third-order valence-corrected chi connectivity index (χ3v) is 2.58. The lowest BCUT2D eigenvalue weighted by Gasteiger charge is -2.17. The molecule has 0 aliphatic rings. The standard InChI is InChI=1S/C13H18N4O2/c1-13(2,15)6-9-7-16-12-10(19-8-11(14)18)4-3-5-17(9)12/h3-5,7H,6,8,15H2,1-2H3,(H2,14,18). The number of ether oxygens (including phenoxy) is 1. The molecular weight excluding hydrogens is 244 g/mol. The van der Waals surface area contributed by atoms with Crippen LogP contribution < -0.4 is 16.2 Å². The van der Waals surface area contributed by atoms with Crippen LogP contribution in [0.1, 0.15) is 19.5 Å². The highest BCUT2D eigenvalue weighted by atomic mass is 16.5. The topological polar surface area (TPSA) is 95.6 Å². The van der Waals surface area contributed by atoms with E-state index < -0.39 is 5.91 Å². The third kappa shape index (κ3) is 3.23. The number of aromatic nitrogens is 2. The zero-order valence-corrected chi connectivity index (χ0v) is 11.1. The Balaban J connectivity index is 2.34. The molecule has 2 aromatic rings. The number of hydrogen-bond acceptors (Lipinski definition) is 4. The van der Waals surface area contributed by atoms with Gasteiger partial charge in [0, 0.05) is 30.0 Å². The first-order chi connectivity index (χ1) is 8.87. The molecule has 6 heteroatoms. The molecule has 6 nitrogen and oxygen atoms in total. The first-order valence-corrected chi connectivity index (χ1v) is 6.02. The van der Waals surface area contributed by atoms with Gasteiger partial charge in [0.05, 0.1) is 0 Å². The van der Waals surface area contributed by atoms with E-state index in [1.165, 1.54) is 0 Å². The Morgan fingerprint density at radius 1 is 1.53 bits per heavy atom. The predicted octanol–water partition coefficient (Wildman–Crippen LogP) is 0.478. The lowest BCUT2D eigenvalue weighted by Crippen LogP contribution is -2.34. The largest absolute Gasteiger partial charge is 0.480 e. The molecule has 0 spiro atoms. The molecule has 0 aromatic carbocycles. The van der Waals surface area contributed by atoms with E-state index in [0.717, 1.165) is 5.69 Å². The van der Waals surface area contributed by atoms with E-state index in [-0.39, 0.29) is 12.1 Å². The average molecular weight is 262 g/mol. The van der Waals surface area contributed by atoms with Gasteiger partial charge < -0.3 is 20.6 Å². The summed E-state index contributed by atoms with van der Waals surface area (Å²) in [7, 11) is 0. The zero-order chi connectivity index (χ0) is 14.0. The third-order valence-electron chi connectivity index (χ3n) is 2.58. The number of fused-ring (bicyclic) bond motifs is 1. The number of primary amides is 1. The second-order valence-corrected chi connectivity index (χ2v) is 5.24. The van der Waals surface area contributed by atoms with Gasteiger partial charge in [-0.15, -0.1) is 0 Å². The van der Waals surface area contributed by atoms with Crippen LogP contribution in [0.15, 0.2) is 24.5 Å². The minimum absolute atomic E-state index is 0.162. The summed E-state index contributed by atoms with van der Waals surface area (Å²) < 4.78 is 7.24. The Hall–Kier alpha value is -2.08. The SMILES string of the molecule is CC(C)(N)Cc1cnc2c(OCC(N)=O)cccn12. The molecule has 4 N–H and O–H groups in total. The van der Waals surface area contributed by atoms with Crippen molar-refractivity contribution in [2.24, 2.45) is 11.5 Å². The van der Waals surface area contributed by atoms with Crippen molar-refractivity contribution in [1.82, 2.24) is 9.38 Å². The van der Waals surface area contributed by atoms with Crippen LogP contribution in [0.25, 0.3) is 5.65 Å². The summed E-state index contributed by atoms with van der Waals surface area (Å²) in [4.78, 5) is 15.1. The molecular formula is C13H18N4O2. The van der Waals surface area contributed by atoms with Crippen molar-refractivity contribution in [3.63, 3.8) is 0 Å². The van der Waals surface area contributed by atoms with Gasteiger partial charge in [-0.25, -0.2) is 4.98 Å². The number of pyridine rings is 1. The summed E-state index contributed by atoms with van der Waals surface area (Å²) >= 11 is 0. The smallest absolute Gasteiger partial charge is 0.255 e. The summed E-state index contributed by atoms with van der Waals surface area (Å²) in [5, 5.41) is 0. The van der Waals surface area contributed by atoms with Crippen molar-refractivity contribution in [2.45, 2.75) is 25.8 Å². The van der Waals surface area contributed by atoms with Crippen LogP contribution in [-0.2, 0) is 11.2 Å². The van der Waals surface area contributed by atoms with Crippen molar-refractivity contribution in [1.29, 1.82) is 0 Å². The molecule has 102 valence electrons. The first kappa shape index (κ1) is 13.4. The summed E-state index contributed by atoms with van der Waals surface area (Å²) in [5.74, 6) is 0.0132. The van der Waals surface area contributed by atoms with Crippen LogP contribution in [0.3, 0.4) is 0 Å². The molecule has 0 saturated carbocycles. The minimum Gasteiger partial charge on any atom is -0.480 e. The van der Waals surface area contributed by atoms with Crippen molar-refractivity contribution < 1.29 is 9.53 Å². The number of nitrogens with zero attached hydrogens (tertiary/aromatic N) is 2. The van der Waals surface area contributed by atoms with Gasteiger partial charge in [0.2, 0.25) is 0 Å². The van der Waals surface area contributed by atoms with Crippen LogP contribution in [0.4, 0.5) is 0 Å². The lowest BCUT2D eigenvalue weighted by atomic mass is 10.0. The van der Waals surface area contributed by atoms with Gasteiger partial charge in [-0.2, -0.15) is 0 Å². The van der Waals surface area contributed by atoms with Gasteiger partial charge in [0.15, 0.2) is 18.0 Å². The molecule has 0 fully saturated rings. The maximum Gasteiger partial charge on any atom is 0.255 e. The van der Waals surface area contributed by atoms with Gasteiger partial charge in [-0.05, 0) is 26.0 Å². The lowest BCUT2D eigenvalue weighted by molar-refractivity contribution is -0.119. The molecule has 19 heavy (non-hydrogen) atoms.